The molecule has 1 heterocycles. The van der Waals surface area contributed by atoms with Gasteiger partial charge in [-0.05, 0) is 25.3 Å². The van der Waals surface area contributed by atoms with E-state index in [2.05, 4.69) is 10.3 Å². The van der Waals surface area contributed by atoms with Crippen molar-refractivity contribution < 1.29 is 14.2 Å². The van der Waals surface area contributed by atoms with E-state index >= 15 is 0 Å². The lowest BCUT2D eigenvalue weighted by Gasteiger charge is -2.08. The number of nitrogens with one attached hydrogen (secondary N) is 1. The first-order valence-electron chi connectivity index (χ1n) is 7.26. The van der Waals surface area contributed by atoms with Crippen LogP contribution >= 0.6 is 0 Å². The smallest absolute Gasteiger partial charge is 0.122 e. The highest BCUT2D eigenvalue weighted by Gasteiger charge is 2.20. The van der Waals surface area contributed by atoms with Gasteiger partial charge in [0, 0.05) is 45.2 Å². The molecule has 5 nitrogen and oxygen atoms in total. The monoisotopic (exact) mass is 280 g/mol. The first-order chi connectivity index (χ1) is 9.88. The number of rotatable bonds is 11. The van der Waals surface area contributed by atoms with Gasteiger partial charge < -0.3 is 19.5 Å². The van der Waals surface area contributed by atoms with Crippen molar-refractivity contribution in [1.82, 2.24) is 10.3 Å². The number of methoxy groups -OCH3 is 1. The Morgan fingerprint density at radius 1 is 1.25 bits per heavy atom. The summed E-state index contributed by atoms with van der Waals surface area (Å²) < 4.78 is 16.0. The highest BCUT2D eigenvalue weighted by Crippen LogP contribution is 2.19. The third-order valence-electron chi connectivity index (χ3n) is 3.07. The van der Waals surface area contributed by atoms with Gasteiger partial charge in [0.2, 0.25) is 0 Å². The molecule has 0 atom stereocenters. The number of hydrogen-bond acceptors (Lipinski definition) is 5. The molecular formula is C15H24N2O3. The minimum atomic E-state index is 0.562. The van der Waals surface area contributed by atoms with Gasteiger partial charge in [0.1, 0.15) is 12.4 Å². The van der Waals surface area contributed by atoms with Crippen molar-refractivity contribution in [2.75, 3.05) is 33.5 Å². The molecule has 1 aromatic heterocycles. The second-order valence-corrected chi connectivity index (χ2v) is 4.95. The maximum Gasteiger partial charge on any atom is 0.122 e. The number of pyridine rings is 1. The van der Waals surface area contributed by atoms with E-state index in [0.29, 0.717) is 25.9 Å². The normalized spacial score (nSPS) is 14.4. The minimum absolute atomic E-state index is 0.562. The van der Waals surface area contributed by atoms with Gasteiger partial charge in [0.25, 0.3) is 0 Å². The first kappa shape index (κ1) is 15.2. The lowest BCUT2D eigenvalue weighted by Crippen LogP contribution is -2.16. The largest absolute Gasteiger partial charge is 0.491 e. The number of ether oxygens (including phenoxy) is 3. The summed E-state index contributed by atoms with van der Waals surface area (Å²) in [6.07, 6.45) is 5.29. The molecule has 5 heteroatoms. The average Bonchev–Trinajstić information content (AvgIpc) is 3.29. The second kappa shape index (κ2) is 8.89. The van der Waals surface area contributed by atoms with Crippen LogP contribution in [0.25, 0.3) is 0 Å². The van der Waals surface area contributed by atoms with Crippen LogP contribution in [-0.4, -0.2) is 44.6 Å². The van der Waals surface area contributed by atoms with E-state index in [1.54, 1.807) is 13.3 Å². The van der Waals surface area contributed by atoms with Crippen LogP contribution in [0.3, 0.4) is 0 Å². The molecular weight excluding hydrogens is 256 g/mol. The van der Waals surface area contributed by atoms with Crippen molar-refractivity contribution in [1.29, 1.82) is 0 Å². The Kier molecular flexibility index (Phi) is 6.77. The fraction of sp³-hybridized carbons (Fsp3) is 0.667. The Morgan fingerprint density at radius 2 is 2.15 bits per heavy atom. The molecule has 0 aromatic carbocycles. The van der Waals surface area contributed by atoms with Crippen molar-refractivity contribution in [3.05, 3.63) is 24.0 Å². The zero-order valence-corrected chi connectivity index (χ0v) is 12.1. The molecule has 2 rings (SSSR count). The number of aromatic nitrogens is 1. The van der Waals surface area contributed by atoms with Gasteiger partial charge in [-0.25, -0.2) is 0 Å². The molecule has 1 fully saturated rings. The Bertz CT molecular complexity index is 383. The molecule has 0 unspecified atom stereocenters. The fourth-order valence-electron chi connectivity index (χ4n) is 1.80. The predicted molar refractivity (Wildman–Crippen MR) is 76.9 cm³/mol. The zero-order valence-electron chi connectivity index (χ0n) is 12.1. The Morgan fingerprint density at radius 3 is 2.95 bits per heavy atom. The van der Waals surface area contributed by atoms with Crippen LogP contribution in [0, 0.1) is 0 Å². The van der Waals surface area contributed by atoms with Crippen molar-refractivity contribution in [3.63, 3.8) is 0 Å². The van der Waals surface area contributed by atoms with E-state index in [0.717, 1.165) is 31.0 Å². The van der Waals surface area contributed by atoms with E-state index in [1.165, 1.54) is 12.8 Å². The van der Waals surface area contributed by atoms with Crippen LogP contribution in [0.2, 0.25) is 0 Å². The number of hydrogen-bond donors (Lipinski definition) is 1. The van der Waals surface area contributed by atoms with Gasteiger partial charge in [-0.15, -0.1) is 0 Å². The van der Waals surface area contributed by atoms with Crippen LogP contribution in [0.4, 0.5) is 0 Å². The summed E-state index contributed by atoms with van der Waals surface area (Å²) in [4.78, 5) is 4.33. The Balaban J connectivity index is 1.58. The van der Waals surface area contributed by atoms with Gasteiger partial charge in [-0.2, -0.15) is 0 Å². The van der Waals surface area contributed by atoms with Crippen LogP contribution in [0.5, 0.6) is 5.75 Å². The molecule has 112 valence electrons. The van der Waals surface area contributed by atoms with Crippen LogP contribution in [-0.2, 0) is 16.0 Å². The zero-order chi connectivity index (χ0) is 14.0. The highest BCUT2D eigenvalue weighted by atomic mass is 16.5. The number of nitrogens with zero attached hydrogens (tertiary/aromatic N) is 1. The maximum atomic E-state index is 5.65. The molecule has 20 heavy (non-hydrogen) atoms. The van der Waals surface area contributed by atoms with E-state index in [9.17, 15) is 0 Å². The molecule has 0 radical (unpaired) electrons. The lowest BCUT2D eigenvalue weighted by atomic mass is 10.3. The van der Waals surface area contributed by atoms with E-state index in [1.807, 2.05) is 12.1 Å². The Labute approximate surface area is 120 Å². The van der Waals surface area contributed by atoms with Crippen molar-refractivity contribution >= 4 is 0 Å². The molecule has 1 aliphatic carbocycles. The quantitative estimate of drug-likeness (QED) is 0.626. The van der Waals surface area contributed by atoms with Crippen molar-refractivity contribution in [2.24, 2.45) is 0 Å². The summed E-state index contributed by atoms with van der Waals surface area (Å²) in [5.41, 5.74) is 1.02. The first-order valence-corrected chi connectivity index (χ1v) is 7.26. The minimum Gasteiger partial charge on any atom is -0.491 e. The molecule has 0 spiro atoms. The molecule has 1 aromatic rings. The topological polar surface area (TPSA) is 52.6 Å². The van der Waals surface area contributed by atoms with Crippen LogP contribution in [0.15, 0.2) is 18.3 Å². The SMILES string of the molecule is COCCCOCCOc1ccnc(CNC2CC2)c1. The molecule has 1 N–H and O–H groups in total. The summed E-state index contributed by atoms with van der Waals surface area (Å²) in [5, 5.41) is 3.44. The lowest BCUT2D eigenvalue weighted by molar-refractivity contribution is 0.0806. The summed E-state index contributed by atoms with van der Waals surface area (Å²) in [5.74, 6) is 0.855. The maximum absolute atomic E-state index is 5.65. The predicted octanol–water partition coefficient (Wildman–Crippen LogP) is 1.77. The summed E-state index contributed by atoms with van der Waals surface area (Å²) >= 11 is 0. The third-order valence-corrected chi connectivity index (χ3v) is 3.07. The van der Waals surface area contributed by atoms with Gasteiger partial charge in [-0.1, -0.05) is 0 Å². The molecule has 0 saturated heterocycles. The molecule has 1 saturated carbocycles. The fourth-order valence-corrected chi connectivity index (χ4v) is 1.80. The van der Waals surface area contributed by atoms with Crippen LogP contribution in [0.1, 0.15) is 25.0 Å². The summed E-state index contributed by atoms with van der Waals surface area (Å²) in [6, 6.07) is 4.56. The molecule has 0 aliphatic heterocycles. The van der Waals surface area contributed by atoms with E-state index in [-0.39, 0.29) is 0 Å². The summed E-state index contributed by atoms with van der Waals surface area (Å²) in [7, 11) is 1.70. The molecule has 0 amide bonds. The van der Waals surface area contributed by atoms with Crippen molar-refractivity contribution in [3.8, 4) is 5.75 Å². The third kappa shape index (κ3) is 6.32. The standard InChI is InChI=1S/C15H24N2O3/c1-18-7-2-8-19-9-10-20-15-5-6-16-14(11-15)12-17-13-3-4-13/h5-6,11,13,17H,2-4,7-10,12H2,1H3. The van der Waals surface area contributed by atoms with Gasteiger partial charge in [0.05, 0.1) is 12.3 Å². The Hall–Kier alpha value is -1.17. The van der Waals surface area contributed by atoms with Gasteiger partial charge in [-0.3, -0.25) is 4.98 Å². The van der Waals surface area contributed by atoms with Crippen LogP contribution < -0.4 is 10.1 Å². The van der Waals surface area contributed by atoms with E-state index < -0.39 is 0 Å². The summed E-state index contributed by atoms with van der Waals surface area (Å²) in [6.45, 7) is 3.43. The average molecular weight is 280 g/mol. The molecule has 0 bridgehead atoms. The van der Waals surface area contributed by atoms with Crippen molar-refractivity contribution in [2.45, 2.75) is 31.8 Å². The van der Waals surface area contributed by atoms with E-state index in [4.69, 9.17) is 14.2 Å². The highest BCUT2D eigenvalue weighted by molar-refractivity contribution is 5.22. The van der Waals surface area contributed by atoms with Gasteiger partial charge >= 0.3 is 0 Å². The molecule has 1 aliphatic rings. The second-order valence-electron chi connectivity index (χ2n) is 4.95. The van der Waals surface area contributed by atoms with Gasteiger partial charge in [0.15, 0.2) is 0 Å².